The number of hydrogen-bond acceptors (Lipinski definition) is 2. The topological polar surface area (TPSA) is 46.2 Å². The highest BCUT2D eigenvalue weighted by atomic mass is 32.2. The van der Waals surface area contributed by atoms with Crippen LogP contribution in [-0.2, 0) is 10.0 Å². The van der Waals surface area contributed by atoms with E-state index in [9.17, 15) is 8.42 Å². The lowest BCUT2D eigenvalue weighted by Gasteiger charge is -2.13. The Labute approximate surface area is 97.9 Å². The van der Waals surface area contributed by atoms with E-state index in [0.717, 1.165) is 17.5 Å². The number of aryl methyl sites for hydroxylation is 2. The molecule has 4 heteroatoms. The summed E-state index contributed by atoms with van der Waals surface area (Å²) in [6, 6.07) is 5.32. The van der Waals surface area contributed by atoms with Gasteiger partial charge < -0.3 is 0 Å². The molecule has 0 fully saturated rings. The molecule has 0 heterocycles. The van der Waals surface area contributed by atoms with Crippen LogP contribution in [0.4, 0.5) is 0 Å². The molecule has 0 bridgehead atoms. The Hall–Kier alpha value is -0.870. The first-order chi connectivity index (χ1) is 7.36. The Morgan fingerprint density at radius 2 is 1.94 bits per heavy atom. The summed E-state index contributed by atoms with van der Waals surface area (Å²) < 4.78 is 26.7. The van der Waals surface area contributed by atoms with E-state index < -0.39 is 10.0 Å². The molecule has 1 aromatic carbocycles. The molecule has 1 rings (SSSR count). The van der Waals surface area contributed by atoms with Crippen molar-refractivity contribution in [2.24, 2.45) is 0 Å². The second kappa shape index (κ2) is 4.97. The maximum atomic E-state index is 12.0. The van der Waals surface area contributed by atoms with Crippen molar-refractivity contribution < 1.29 is 8.42 Å². The fourth-order valence-electron chi connectivity index (χ4n) is 1.51. The average Bonchev–Trinajstić information content (AvgIpc) is 2.16. The summed E-state index contributed by atoms with van der Waals surface area (Å²) in [4.78, 5) is 0.374. The first-order valence-corrected chi connectivity index (χ1v) is 6.94. The maximum Gasteiger partial charge on any atom is 0.241 e. The second-order valence-electron chi connectivity index (χ2n) is 4.20. The summed E-state index contributed by atoms with van der Waals surface area (Å²) in [5.41, 5.74) is 1.86. The van der Waals surface area contributed by atoms with Gasteiger partial charge in [0, 0.05) is 6.04 Å². The molecule has 0 amide bonds. The minimum absolute atomic E-state index is 0.0364. The molecule has 0 aliphatic heterocycles. The first kappa shape index (κ1) is 13.2. The zero-order valence-corrected chi connectivity index (χ0v) is 11.1. The van der Waals surface area contributed by atoms with E-state index in [4.69, 9.17) is 0 Å². The maximum absolute atomic E-state index is 12.0. The summed E-state index contributed by atoms with van der Waals surface area (Å²) in [6.07, 6.45) is 0.782. The number of sulfonamides is 1. The van der Waals surface area contributed by atoms with Crippen molar-refractivity contribution in [3.63, 3.8) is 0 Å². The Bertz CT molecular complexity index is 466. The van der Waals surface area contributed by atoms with E-state index in [2.05, 4.69) is 4.72 Å². The normalized spacial score (nSPS) is 13.8. The highest BCUT2D eigenvalue weighted by Crippen LogP contribution is 2.16. The van der Waals surface area contributed by atoms with Crippen LogP contribution in [0.5, 0.6) is 0 Å². The molecular formula is C12H19NO2S. The van der Waals surface area contributed by atoms with E-state index in [1.165, 1.54) is 0 Å². The monoisotopic (exact) mass is 241 g/mol. The first-order valence-electron chi connectivity index (χ1n) is 5.46. The smallest absolute Gasteiger partial charge is 0.208 e. The van der Waals surface area contributed by atoms with E-state index in [1.54, 1.807) is 6.07 Å². The minimum Gasteiger partial charge on any atom is -0.208 e. The highest BCUT2D eigenvalue weighted by Gasteiger charge is 2.18. The molecule has 0 aliphatic rings. The van der Waals surface area contributed by atoms with Crippen LogP contribution in [-0.4, -0.2) is 14.5 Å². The minimum atomic E-state index is -3.37. The molecule has 16 heavy (non-hydrogen) atoms. The fraction of sp³-hybridized carbons (Fsp3) is 0.500. The predicted molar refractivity (Wildman–Crippen MR) is 66.0 cm³/mol. The number of rotatable bonds is 4. The third kappa shape index (κ3) is 3.06. The molecular weight excluding hydrogens is 222 g/mol. The molecule has 1 atom stereocenters. The average molecular weight is 241 g/mol. The summed E-state index contributed by atoms with van der Waals surface area (Å²) in [7, 11) is -3.37. The Morgan fingerprint density at radius 3 is 2.44 bits per heavy atom. The molecule has 0 spiro atoms. The third-order valence-electron chi connectivity index (χ3n) is 2.59. The van der Waals surface area contributed by atoms with Crippen LogP contribution in [0.15, 0.2) is 23.1 Å². The van der Waals surface area contributed by atoms with Gasteiger partial charge >= 0.3 is 0 Å². The lowest BCUT2D eigenvalue weighted by Crippen LogP contribution is -2.32. The molecule has 0 aromatic heterocycles. The van der Waals surface area contributed by atoms with Crippen molar-refractivity contribution in [2.45, 2.75) is 45.1 Å². The summed E-state index contributed by atoms with van der Waals surface area (Å²) in [5, 5.41) is 0. The van der Waals surface area contributed by atoms with Crippen LogP contribution in [0.25, 0.3) is 0 Å². The van der Waals surface area contributed by atoms with E-state index in [0.29, 0.717) is 4.90 Å². The van der Waals surface area contributed by atoms with Gasteiger partial charge in [-0.1, -0.05) is 24.6 Å². The quantitative estimate of drug-likeness (QED) is 0.879. The van der Waals surface area contributed by atoms with Crippen molar-refractivity contribution in [1.29, 1.82) is 0 Å². The summed E-state index contributed by atoms with van der Waals surface area (Å²) in [6.45, 7) is 7.58. The fourth-order valence-corrected chi connectivity index (χ4v) is 3.07. The van der Waals surface area contributed by atoms with Crippen molar-refractivity contribution in [3.8, 4) is 0 Å². The van der Waals surface area contributed by atoms with Crippen molar-refractivity contribution in [1.82, 2.24) is 4.72 Å². The largest absolute Gasteiger partial charge is 0.241 e. The number of nitrogens with one attached hydrogen (secondary N) is 1. The van der Waals surface area contributed by atoms with Crippen molar-refractivity contribution in [2.75, 3.05) is 0 Å². The van der Waals surface area contributed by atoms with Crippen LogP contribution < -0.4 is 4.72 Å². The van der Waals surface area contributed by atoms with Gasteiger partial charge in [-0.3, -0.25) is 0 Å². The van der Waals surface area contributed by atoms with Gasteiger partial charge in [0.15, 0.2) is 0 Å². The molecule has 0 radical (unpaired) electrons. The Kier molecular flexibility index (Phi) is 4.10. The standard InChI is InChI=1S/C12H19NO2S/c1-5-11(4)13-16(14,15)12-7-6-9(2)8-10(12)3/h6-8,11,13H,5H2,1-4H3/t11-/m0/s1. The van der Waals surface area contributed by atoms with E-state index in [-0.39, 0.29) is 6.04 Å². The number of hydrogen-bond donors (Lipinski definition) is 1. The van der Waals surface area contributed by atoms with Crippen molar-refractivity contribution >= 4 is 10.0 Å². The summed E-state index contributed by atoms with van der Waals surface area (Å²) in [5.74, 6) is 0. The zero-order valence-electron chi connectivity index (χ0n) is 10.2. The Morgan fingerprint density at radius 1 is 1.31 bits per heavy atom. The highest BCUT2D eigenvalue weighted by molar-refractivity contribution is 7.89. The lowest BCUT2D eigenvalue weighted by atomic mass is 10.2. The van der Waals surface area contributed by atoms with Crippen LogP contribution in [0.2, 0.25) is 0 Å². The van der Waals surface area contributed by atoms with Crippen LogP contribution >= 0.6 is 0 Å². The molecule has 90 valence electrons. The van der Waals surface area contributed by atoms with Crippen LogP contribution in [0.3, 0.4) is 0 Å². The van der Waals surface area contributed by atoms with Crippen LogP contribution in [0, 0.1) is 13.8 Å². The third-order valence-corrected chi connectivity index (χ3v) is 4.34. The van der Waals surface area contributed by atoms with Gasteiger partial charge in [-0.15, -0.1) is 0 Å². The van der Waals surface area contributed by atoms with E-state index >= 15 is 0 Å². The van der Waals surface area contributed by atoms with Gasteiger partial charge in [-0.2, -0.15) is 0 Å². The molecule has 1 N–H and O–H groups in total. The van der Waals surface area contributed by atoms with Gasteiger partial charge in [0.05, 0.1) is 4.90 Å². The van der Waals surface area contributed by atoms with Gasteiger partial charge in [-0.05, 0) is 38.8 Å². The van der Waals surface area contributed by atoms with Gasteiger partial charge in [0.1, 0.15) is 0 Å². The zero-order chi connectivity index (χ0) is 12.3. The predicted octanol–water partition coefficient (Wildman–Crippen LogP) is 2.38. The van der Waals surface area contributed by atoms with Gasteiger partial charge in [-0.25, -0.2) is 13.1 Å². The van der Waals surface area contributed by atoms with Gasteiger partial charge in [0.2, 0.25) is 10.0 Å². The second-order valence-corrected chi connectivity index (χ2v) is 5.88. The van der Waals surface area contributed by atoms with Crippen molar-refractivity contribution in [3.05, 3.63) is 29.3 Å². The SMILES string of the molecule is CC[C@H](C)NS(=O)(=O)c1ccc(C)cc1C. The molecule has 1 aromatic rings. The molecule has 0 saturated heterocycles. The van der Waals surface area contributed by atoms with E-state index in [1.807, 2.05) is 39.8 Å². The summed E-state index contributed by atoms with van der Waals surface area (Å²) >= 11 is 0. The molecule has 0 aliphatic carbocycles. The number of benzene rings is 1. The van der Waals surface area contributed by atoms with Crippen LogP contribution in [0.1, 0.15) is 31.4 Å². The lowest BCUT2D eigenvalue weighted by molar-refractivity contribution is 0.555. The molecule has 0 saturated carbocycles. The molecule has 3 nitrogen and oxygen atoms in total. The van der Waals surface area contributed by atoms with Gasteiger partial charge in [0.25, 0.3) is 0 Å². The molecule has 0 unspecified atom stereocenters. The Balaban J connectivity index is 3.08.